The number of hydrogen-bond acceptors (Lipinski definition) is 4. The van der Waals surface area contributed by atoms with E-state index in [-0.39, 0.29) is 23.8 Å². The number of alkyl carbamates (subject to hydrolysis) is 1. The topological polar surface area (TPSA) is 87.7 Å². The van der Waals surface area contributed by atoms with E-state index >= 15 is 0 Å². The zero-order chi connectivity index (χ0) is 28.2. The maximum absolute atomic E-state index is 14.3. The summed E-state index contributed by atoms with van der Waals surface area (Å²) in [7, 11) is 0. The van der Waals surface area contributed by atoms with Crippen LogP contribution in [0.2, 0.25) is 0 Å². The lowest BCUT2D eigenvalue weighted by Gasteiger charge is -2.44. The first-order chi connectivity index (χ1) is 17.8. The average Bonchev–Trinajstić information content (AvgIpc) is 2.77. The van der Waals surface area contributed by atoms with Gasteiger partial charge in [-0.05, 0) is 83.4 Å². The molecule has 2 aromatic rings. The number of carbonyl (C=O) groups excluding carboxylic acids is 3. The second kappa shape index (κ2) is 12.0. The number of rotatable bonds is 8. The summed E-state index contributed by atoms with van der Waals surface area (Å²) in [5, 5.41) is 5.92. The number of nitrogens with zero attached hydrogens (tertiary/aromatic N) is 1. The lowest BCUT2D eigenvalue weighted by molar-refractivity contribution is -0.146. The molecule has 2 N–H and O–H groups in total. The molecule has 206 valence electrons. The lowest BCUT2D eigenvalue weighted by Crippen LogP contribution is -2.58. The monoisotopic (exact) mass is 521 g/mol. The van der Waals surface area contributed by atoms with Gasteiger partial charge in [0.05, 0.1) is 0 Å². The van der Waals surface area contributed by atoms with Gasteiger partial charge in [0, 0.05) is 11.7 Å². The molecule has 1 aliphatic rings. The van der Waals surface area contributed by atoms with Gasteiger partial charge in [0.15, 0.2) is 0 Å². The molecule has 2 atom stereocenters. The molecule has 0 heterocycles. The first-order valence-electron chi connectivity index (χ1n) is 13.5. The van der Waals surface area contributed by atoms with Crippen LogP contribution in [-0.4, -0.2) is 40.5 Å². The van der Waals surface area contributed by atoms with Gasteiger partial charge in [-0.1, -0.05) is 61.9 Å². The fourth-order valence-electron chi connectivity index (χ4n) is 4.68. The van der Waals surface area contributed by atoms with E-state index < -0.39 is 23.8 Å². The van der Waals surface area contributed by atoms with Crippen LogP contribution >= 0.6 is 0 Å². The summed E-state index contributed by atoms with van der Waals surface area (Å²) in [5.74, 6) is -0.762. The molecule has 3 rings (SSSR count). The molecule has 1 fully saturated rings. The zero-order valence-corrected chi connectivity index (χ0v) is 24.1. The Balaban J connectivity index is 2.04. The fourth-order valence-corrected chi connectivity index (χ4v) is 4.68. The zero-order valence-electron chi connectivity index (χ0n) is 24.1. The highest BCUT2D eigenvalue weighted by Gasteiger charge is 2.43. The first-order valence-corrected chi connectivity index (χ1v) is 13.5. The molecule has 7 heteroatoms. The number of hydrogen-bond donors (Lipinski definition) is 2. The van der Waals surface area contributed by atoms with Crippen molar-refractivity contribution in [1.29, 1.82) is 0 Å². The Morgan fingerprint density at radius 1 is 0.947 bits per heavy atom. The fraction of sp³-hybridized carbons (Fsp3) is 0.516. The Morgan fingerprint density at radius 3 is 2.00 bits per heavy atom. The van der Waals surface area contributed by atoms with E-state index in [0.717, 1.165) is 47.2 Å². The molecule has 38 heavy (non-hydrogen) atoms. The van der Waals surface area contributed by atoms with Crippen LogP contribution in [-0.2, 0) is 14.3 Å². The van der Waals surface area contributed by atoms with Crippen molar-refractivity contribution in [2.45, 2.75) is 98.4 Å². The van der Waals surface area contributed by atoms with Crippen LogP contribution < -0.4 is 10.6 Å². The van der Waals surface area contributed by atoms with Gasteiger partial charge < -0.3 is 20.3 Å². The maximum Gasteiger partial charge on any atom is 0.408 e. The van der Waals surface area contributed by atoms with Crippen molar-refractivity contribution in [1.82, 2.24) is 10.2 Å². The Labute approximate surface area is 227 Å². The smallest absolute Gasteiger partial charge is 0.408 e. The van der Waals surface area contributed by atoms with Crippen molar-refractivity contribution in [3.63, 3.8) is 0 Å². The van der Waals surface area contributed by atoms with E-state index in [4.69, 9.17) is 4.74 Å². The van der Waals surface area contributed by atoms with Gasteiger partial charge in [-0.25, -0.2) is 4.79 Å². The van der Waals surface area contributed by atoms with Gasteiger partial charge in [-0.2, -0.15) is 0 Å². The highest BCUT2D eigenvalue weighted by atomic mass is 16.6. The third-order valence-electron chi connectivity index (χ3n) is 6.98. The number of amides is 3. The molecule has 0 saturated heterocycles. The molecule has 0 aliphatic heterocycles. The van der Waals surface area contributed by atoms with Crippen LogP contribution in [0.1, 0.15) is 82.2 Å². The van der Waals surface area contributed by atoms with Crippen LogP contribution in [0, 0.1) is 26.7 Å². The van der Waals surface area contributed by atoms with Crippen LogP contribution in [0.3, 0.4) is 0 Å². The third-order valence-corrected chi connectivity index (χ3v) is 6.98. The summed E-state index contributed by atoms with van der Waals surface area (Å²) < 4.78 is 5.46. The second-order valence-electron chi connectivity index (χ2n) is 11.8. The summed E-state index contributed by atoms with van der Waals surface area (Å²) in [6.45, 7) is 15.0. The highest BCUT2D eigenvalue weighted by molar-refractivity contribution is 6.00. The third kappa shape index (κ3) is 7.15. The van der Waals surface area contributed by atoms with Crippen LogP contribution in [0.4, 0.5) is 10.5 Å². The summed E-state index contributed by atoms with van der Waals surface area (Å²) in [4.78, 5) is 42.8. The van der Waals surface area contributed by atoms with Gasteiger partial charge in [0.2, 0.25) is 5.91 Å². The van der Waals surface area contributed by atoms with Gasteiger partial charge >= 0.3 is 6.09 Å². The van der Waals surface area contributed by atoms with E-state index in [1.54, 1.807) is 25.7 Å². The van der Waals surface area contributed by atoms with Crippen LogP contribution in [0.5, 0.6) is 0 Å². The predicted octanol–water partition coefficient (Wildman–Crippen LogP) is 6.22. The molecule has 0 bridgehead atoms. The number of anilines is 1. The van der Waals surface area contributed by atoms with Gasteiger partial charge in [0.25, 0.3) is 5.91 Å². The summed E-state index contributed by atoms with van der Waals surface area (Å²) >= 11 is 0. The minimum absolute atomic E-state index is 0.0980. The van der Waals surface area contributed by atoms with E-state index in [1.165, 1.54) is 0 Å². The number of benzene rings is 2. The van der Waals surface area contributed by atoms with Crippen LogP contribution in [0.25, 0.3) is 0 Å². The molecule has 3 amide bonds. The lowest BCUT2D eigenvalue weighted by atomic mass is 9.87. The van der Waals surface area contributed by atoms with E-state index in [2.05, 4.69) is 10.6 Å². The summed E-state index contributed by atoms with van der Waals surface area (Å²) in [6.07, 6.45) is 1.95. The number of carbonyl (C=O) groups is 3. The van der Waals surface area contributed by atoms with Crippen molar-refractivity contribution in [2.75, 3.05) is 5.32 Å². The number of ether oxygens (including phenoxy) is 1. The first kappa shape index (κ1) is 29.2. The molecule has 1 aliphatic carbocycles. The van der Waals surface area contributed by atoms with Crippen molar-refractivity contribution >= 4 is 23.6 Å². The Morgan fingerprint density at radius 2 is 1.53 bits per heavy atom. The van der Waals surface area contributed by atoms with E-state index in [0.29, 0.717) is 0 Å². The minimum Gasteiger partial charge on any atom is -0.444 e. The molecule has 0 aromatic heterocycles. The molecule has 2 unspecified atom stereocenters. The molecule has 0 spiro atoms. The molecule has 1 saturated carbocycles. The van der Waals surface area contributed by atoms with Crippen molar-refractivity contribution < 1.29 is 19.1 Å². The molecule has 7 nitrogen and oxygen atoms in total. The van der Waals surface area contributed by atoms with Gasteiger partial charge in [0.1, 0.15) is 17.7 Å². The summed E-state index contributed by atoms with van der Waals surface area (Å²) in [6, 6.07) is 11.8. The highest BCUT2D eigenvalue weighted by Crippen LogP contribution is 2.35. The molecular formula is C31H43N3O4. The number of aryl methyl sites for hydroxylation is 3. The Kier molecular flexibility index (Phi) is 9.23. The van der Waals surface area contributed by atoms with Crippen molar-refractivity contribution in [3.8, 4) is 0 Å². The standard InChI is InChI=1S/C31H43N3O4/c1-19(2)25(33-30(37)38-31(6,7)8)29(36)34(24-13-10-14-24)27(23-17-15-20(3)16-18-23)28(35)32-26-21(4)11-9-12-22(26)5/h9,11-12,15-19,24-25,27H,10,13-14H2,1-8H3,(H,32,35)(H,33,37). The minimum atomic E-state index is -0.853. The maximum atomic E-state index is 14.3. The predicted molar refractivity (Wildman–Crippen MR) is 151 cm³/mol. The summed E-state index contributed by atoms with van der Waals surface area (Å²) in [5.41, 5.74) is 3.76. The molecular weight excluding hydrogens is 478 g/mol. The SMILES string of the molecule is Cc1ccc(C(C(=O)Nc2c(C)cccc2C)N(C(=O)C(NC(=O)OC(C)(C)C)C(C)C)C2CCC2)cc1. The number of para-hydroxylation sites is 1. The second-order valence-corrected chi connectivity index (χ2v) is 11.8. The van der Waals surface area contributed by atoms with Gasteiger partial charge in [-0.3, -0.25) is 9.59 Å². The molecule has 2 aromatic carbocycles. The average molecular weight is 522 g/mol. The van der Waals surface area contributed by atoms with Gasteiger partial charge in [-0.15, -0.1) is 0 Å². The normalized spacial score (nSPS) is 15.3. The Bertz CT molecular complexity index is 1130. The molecule has 0 radical (unpaired) electrons. The van der Waals surface area contributed by atoms with Crippen LogP contribution in [0.15, 0.2) is 42.5 Å². The largest absolute Gasteiger partial charge is 0.444 e. The quantitative estimate of drug-likeness (QED) is 0.432. The number of nitrogens with one attached hydrogen (secondary N) is 2. The van der Waals surface area contributed by atoms with E-state index in [9.17, 15) is 14.4 Å². The van der Waals surface area contributed by atoms with E-state index in [1.807, 2.05) is 77.1 Å². The Hall–Kier alpha value is -3.35. The van der Waals surface area contributed by atoms with Crippen molar-refractivity contribution in [2.24, 2.45) is 5.92 Å². The van der Waals surface area contributed by atoms with Crippen molar-refractivity contribution in [3.05, 3.63) is 64.7 Å².